The van der Waals surface area contributed by atoms with Gasteiger partial charge in [0.25, 0.3) is 0 Å². The standard InChI is InChI=1S/C70H94O12/c1-67(2,3)48-69(7,8)53-24-26-60(62(46-53)78-39-32-72-29-28-71-11)77-38-31-74-36-43-82-66-57-22-15-23-59(66)58-21-14-19-55-51-17-12-16-50(44-51)45-52-18-13-20-56(57)64(52)80-41-34-75-33-40-79-63-47-54(70(9,10)49-68(4,5)6)25-27-61(63)76-37-30-73-35-42-81-65(55)58/h12-14,16,18-21,23-27,44,46-47,51H,15,17,22,28-43,45,48-49H2,1-11H3. The van der Waals surface area contributed by atoms with Crippen LogP contribution in [0.5, 0.6) is 34.5 Å². The van der Waals surface area contributed by atoms with E-state index >= 15 is 0 Å². The summed E-state index contributed by atoms with van der Waals surface area (Å²) in [6.45, 7) is 29.0. The fourth-order valence-electron chi connectivity index (χ4n) is 12.2. The molecule has 446 valence electrons. The molecule has 4 aromatic carbocycles. The van der Waals surface area contributed by atoms with Crippen molar-refractivity contribution in [3.05, 3.63) is 142 Å². The van der Waals surface area contributed by atoms with Crippen LogP contribution in [-0.2, 0) is 45.7 Å². The Morgan fingerprint density at radius 3 is 1.80 bits per heavy atom. The first kappa shape index (κ1) is 62.3. The Morgan fingerprint density at radius 2 is 1.12 bits per heavy atom. The molecular weight excluding hydrogens is 1030 g/mol. The Balaban J connectivity index is 1.02. The van der Waals surface area contributed by atoms with Gasteiger partial charge >= 0.3 is 0 Å². The summed E-state index contributed by atoms with van der Waals surface area (Å²) in [6, 6.07) is 25.6. The van der Waals surface area contributed by atoms with E-state index in [1.807, 2.05) is 12.1 Å². The number of rotatable bonds is 19. The third-order valence-corrected chi connectivity index (χ3v) is 15.1. The van der Waals surface area contributed by atoms with Crippen LogP contribution in [0.1, 0.15) is 141 Å². The molecule has 0 N–H and O–H groups in total. The quantitative estimate of drug-likeness (QED) is 0.0834. The molecule has 8 rings (SSSR count). The molecule has 4 aromatic rings. The Labute approximate surface area is 490 Å². The average Bonchev–Trinajstić information content (AvgIpc) is 3.45. The van der Waals surface area contributed by atoms with E-state index in [9.17, 15) is 0 Å². The Hall–Kier alpha value is -5.76. The molecule has 3 aliphatic carbocycles. The maximum Gasteiger partial charge on any atom is 0.161 e. The van der Waals surface area contributed by atoms with Gasteiger partial charge in [0.1, 0.15) is 63.5 Å². The smallest absolute Gasteiger partial charge is 0.161 e. The van der Waals surface area contributed by atoms with E-state index in [0.29, 0.717) is 135 Å². The van der Waals surface area contributed by atoms with Gasteiger partial charge in [-0.1, -0.05) is 142 Å². The van der Waals surface area contributed by atoms with Gasteiger partial charge in [-0.15, -0.1) is 0 Å². The highest BCUT2D eigenvalue weighted by atomic mass is 16.6. The third kappa shape index (κ3) is 17.6. The highest BCUT2D eigenvalue weighted by Gasteiger charge is 2.32. The van der Waals surface area contributed by atoms with Crippen LogP contribution in [0.15, 0.2) is 108 Å². The largest absolute Gasteiger partial charge is 0.490 e. The molecule has 4 aliphatic rings. The molecule has 10 bridgehead atoms. The molecule has 0 saturated carbocycles. The second-order valence-electron chi connectivity index (χ2n) is 25.6. The third-order valence-electron chi connectivity index (χ3n) is 15.1. The molecular formula is C70H94O12. The van der Waals surface area contributed by atoms with Crippen molar-refractivity contribution in [2.24, 2.45) is 10.8 Å². The molecule has 1 aliphatic heterocycles. The number of hydrogen-bond acceptors (Lipinski definition) is 12. The minimum atomic E-state index is -0.0722. The summed E-state index contributed by atoms with van der Waals surface area (Å²) >= 11 is 0. The van der Waals surface area contributed by atoms with Crippen molar-refractivity contribution in [2.75, 3.05) is 113 Å². The van der Waals surface area contributed by atoms with Crippen LogP contribution in [0.3, 0.4) is 0 Å². The number of para-hydroxylation sites is 2. The van der Waals surface area contributed by atoms with E-state index in [2.05, 4.69) is 154 Å². The van der Waals surface area contributed by atoms with E-state index in [1.54, 1.807) is 7.11 Å². The van der Waals surface area contributed by atoms with Crippen LogP contribution >= 0.6 is 0 Å². The number of methoxy groups -OCH3 is 1. The Bertz CT molecular complexity index is 2840. The van der Waals surface area contributed by atoms with Gasteiger partial charge in [-0.05, 0) is 100 Å². The van der Waals surface area contributed by atoms with Gasteiger partial charge in [0.15, 0.2) is 23.0 Å². The average molecular weight is 1130 g/mol. The van der Waals surface area contributed by atoms with Crippen molar-refractivity contribution in [1.29, 1.82) is 0 Å². The summed E-state index contributed by atoms with van der Waals surface area (Å²) in [5.74, 6) is 5.29. The first-order chi connectivity index (χ1) is 39.4. The monoisotopic (exact) mass is 1130 g/mol. The SMILES string of the molecule is COCCOCCOc1cc(C(C)(C)CC(C)(C)C)ccc1OCCOCCOC1=C2CCC=C1c1cccc3c1OCCOCCOc1ccc(C(C)(C)CC(C)(C)C)cc1OCCOCCOc1c(cccc12)CC1=CC3CC=C1. The maximum atomic E-state index is 7.03. The predicted molar refractivity (Wildman–Crippen MR) is 326 cm³/mol. The highest BCUT2D eigenvalue weighted by molar-refractivity contribution is 5.92. The van der Waals surface area contributed by atoms with Crippen molar-refractivity contribution >= 4 is 11.1 Å². The highest BCUT2D eigenvalue weighted by Crippen LogP contribution is 2.48. The lowest BCUT2D eigenvalue weighted by molar-refractivity contribution is 0.0518. The van der Waals surface area contributed by atoms with Crippen LogP contribution in [0.25, 0.3) is 11.1 Å². The molecule has 0 spiro atoms. The van der Waals surface area contributed by atoms with Crippen molar-refractivity contribution in [1.82, 2.24) is 0 Å². The van der Waals surface area contributed by atoms with E-state index in [0.717, 1.165) is 82.8 Å². The normalized spacial score (nSPS) is 17.5. The molecule has 12 heteroatoms. The molecule has 0 fully saturated rings. The van der Waals surface area contributed by atoms with Crippen LogP contribution in [0.2, 0.25) is 0 Å². The predicted octanol–water partition coefficient (Wildman–Crippen LogP) is 14.6. The number of ether oxygens (including phenoxy) is 12. The fourth-order valence-corrected chi connectivity index (χ4v) is 12.2. The number of allylic oxidation sites excluding steroid dienone is 7. The van der Waals surface area contributed by atoms with Gasteiger partial charge in [-0.3, -0.25) is 0 Å². The maximum absolute atomic E-state index is 7.03. The van der Waals surface area contributed by atoms with E-state index < -0.39 is 0 Å². The van der Waals surface area contributed by atoms with Crippen molar-refractivity contribution in [3.63, 3.8) is 0 Å². The summed E-state index contributed by atoms with van der Waals surface area (Å²) in [4.78, 5) is 0. The van der Waals surface area contributed by atoms with Gasteiger partial charge in [-0.25, -0.2) is 0 Å². The summed E-state index contributed by atoms with van der Waals surface area (Å²) < 4.78 is 76.0. The summed E-state index contributed by atoms with van der Waals surface area (Å²) in [5.41, 5.74) is 10.1. The second kappa shape index (κ2) is 29.2. The topological polar surface area (TPSA) is 111 Å². The molecule has 0 amide bonds. The zero-order valence-corrected chi connectivity index (χ0v) is 51.3. The van der Waals surface area contributed by atoms with E-state index in [1.165, 1.54) is 16.7 Å². The first-order valence-corrected chi connectivity index (χ1v) is 29.9. The first-order valence-electron chi connectivity index (χ1n) is 29.9. The number of hydrogen-bond donors (Lipinski definition) is 0. The molecule has 1 heterocycles. The molecule has 82 heavy (non-hydrogen) atoms. The second-order valence-corrected chi connectivity index (χ2v) is 25.6. The lowest BCUT2D eigenvalue weighted by Crippen LogP contribution is -2.25. The van der Waals surface area contributed by atoms with E-state index in [-0.39, 0.29) is 27.6 Å². The van der Waals surface area contributed by atoms with Gasteiger partial charge in [-0.2, -0.15) is 0 Å². The lowest BCUT2D eigenvalue weighted by atomic mass is 9.72. The number of fused-ring (bicyclic) bond motifs is 3. The molecule has 0 radical (unpaired) electrons. The summed E-state index contributed by atoms with van der Waals surface area (Å²) in [5, 5.41) is 0. The molecule has 1 unspecified atom stereocenters. The minimum Gasteiger partial charge on any atom is -0.490 e. The Morgan fingerprint density at radius 1 is 0.537 bits per heavy atom. The van der Waals surface area contributed by atoms with Crippen LogP contribution in [0, 0.1) is 10.8 Å². The molecule has 12 nitrogen and oxygen atoms in total. The fraction of sp³-hybridized carbons (Fsp3) is 0.543. The van der Waals surface area contributed by atoms with Crippen molar-refractivity contribution in [2.45, 2.75) is 125 Å². The van der Waals surface area contributed by atoms with Gasteiger partial charge in [0, 0.05) is 47.3 Å². The zero-order valence-electron chi connectivity index (χ0n) is 51.3. The van der Waals surface area contributed by atoms with Gasteiger partial charge in [0.05, 0.1) is 59.5 Å². The van der Waals surface area contributed by atoms with Crippen LogP contribution in [0.4, 0.5) is 0 Å². The molecule has 0 saturated heterocycles. The summed E-state index contributed by atoms with van der Waals surface area (Å²) in [7, 11) is 1.67. The van der Waals surface area contributed by atoms with Gasteiger partial charge in [0.2, 0.25) is 0 Å². The zero-order chi connectivity index (χ0) is 58.2. The molecule has 0 aromatic heterocycles. The van der Waals surface area contributed by atoms with Crippen LogP contribution < -0.4 is 28.4 Å². The summed E-state index contributed by atoms with van der Waals surface area (Å²) in [6.07, 6.45) is 14.4. The van der Waals surface area contributed by atoms with Crippen molar-refractivity contribution < 1.29 is 56.8 Å². The van der Waals surface area contributed by atoms with Crippen molar-refractivity contribution in [3.8, 4) is 34.5 Å². The lowest BCUT2D eigenvalue weighted by Gasteiger charge is -2.33. The molecule has 1 atom stereocenters. The van der Waals surface area contributed by atoms with E-state index in [4.69, 9.17) is 56.8 Å². The van der Waals surface area contributed by atoms with Gasteiger partial charge < -0.3 is 56.8 Å². The minimum absolute atomic E-state index is 0.0717. The number of benzene rings is 4. The van der Waals surface area contributed by atoms with Crippen LogP contribution in [-0.4, -0.2) is 113 Å². The Kier molecular flexibility index (Phi) is 22.2.